The summed E-state index contributed by atoms with van der Waals surface area (Å²) in [6.45, 7) is 1.55. The van der Waals surface area contributed by atoms with E-state index in [-0.39, 0.29) is 12.5 Å². The van der Waals surface area contributed by atoms with Crippen LogP contribution in [0.4, 0.5) is 5.69 Å². The molecule has 1 amide bonds. The van der Waals surface area contributed by atoms with Gasteiger partial charge in [0, 0.05) is 23.2 Å². The van der Waals surface area contributed by atoms with Crippen molar-refractivity contribution in [1.82, 2.24) is 4.90 Å². The van der Waals surface area contributed by atoms with E-state index in [2.05, 4.69) is 10.2 Å². The van der Waals surface area contributed by atoms with Gasteiger partial charge in [-0.2, -0.15) is 0 Å². The van der Waals surface area contributed by atoms with Crippen molar-refractivity contribution in [3.8, 4) is 0 Å². The quantitative estimate of drug-likeness (QED) is 0.793. The Hall–Kier alpha value is -1.04. The Labute approximate surface area is 130 Å². The van der Waals surface area contributed by atoms with E-state index in [1.807, 2.05) is 30.5 Å². The number of rotatable bonds is 6. The van der Waals surface area contributed by atoms with Gasteiger partial charge in [0.1, 0.15) is 0 Å². The fourth-order valence-electron chi connectivity index (χ4n) is 2.83. The monoisotopic (exact) mass is 308 g/mol. The molecule has 1 aliphatic heterocycles. The van der Waals surface area contributed by atoms with E-state index in [1.165, 1.54) is 6.42 Å². The number of carbonyl (C=O) groups is 1. The molecule has 0 bridgehead atoms. The molecule has 0 aliphatic carbocycles. The number of hydrogen-bond acceptors (Lipinski definition) is 4. The highest BCUT2D eigenvalue weighted by atomic mass is 32.2. The van der Waals surface area contributed by atoms with Crippen LogP contribution < -0.4 is 5.32 Å². The molecule has 1 saturated heterocycles. The van der Waals surface area contributed by atoms with E-state index in [0.29, 0.717) is 12.6 Å². The van der Waals surface area contributed by atoms with Crippen LogP contribution in [0.5, 0.6) is 0 Å². The van der Waals surface area contributed by atoms with Crippen LogP contribution in [0.2, 0.25) is 0 Å². The van der Waals surface area contributed by atoms with Crippen molar-refractivity contribution in [2.75, 3.05) is 31.3 Å². The maximum absolute atomic E-state index is 12.2. The summed E-state index contributed by atoms with van der Waals surface area (Å²) in [4.78, 5) is 15.6. The summed E-state index contributed by atoms with van der Waals surface area (Å²) >= 11 is 1.66. The first kappa shape index (κ1) is 16.3. The maximum atomic E-state index is 12.2. The fourth-order valence-corrected chi connectivity index (χ4v) is 3.29. The Balaban J connectivity index is 1.90. The topological polar surface area (TPSA) is 52.6 Å². The number of hydrogen-bond donors (Lipinski definition) is 2. The Morgan fingerprint density at radius 1 is 1.48 bits per heavy atom. The number of carbonyl (C=O) groups excluding carboxylic acids is 1. The van der Waals surface area contributed by atoms with Gasteiger partial charge < -0.3 is 10.4 Å². The number of likely N-dealkylation sites (tertiary alicyclic amines) is 1. The number of aliphatic hydroxyl groups excluding tert-OH is 1. The normalized spacial score (nSPS) is 19.4. The lowest BCUT2D eigenvalue weighted by Gasteiger charge is -2.34. The Morgan fingerprint density at radius 3 is 3.10 bits per heavy atom. The molecule has 1 aliphatic rings. The van der Waals surface area contributed by atoms with Gasteiger partial charge in [-0.25, -0.2) is 0 Å². The van der Waals surface area contributed by atoms with Crippen LogP contribution in [0.3, 0.4) is 0 Å². The minimum absolute atomic E-state index is 0.0260. The summed E-state index contributed by atoms with van der Waals surface area (Å²) in [5, 5.41) is 12.1. The van der Waals surface area contributed by atoms with Gasteiger partial charge in [0.05, 0.1) is 6.54 Å². The van der Waals surface area contributed by atoms with Crippen molar-refractivity contribution >= 4 is 23.4 Å². The average Bonchev–Trinajstić information content (AvgIpc) is 2.49. The van der Waals surface area contributed by atoms with Crippen molar-refractivity contribution < 1.29 is 9.90 Å². The Kier molecular flexibility index (Phi) is 6.54. The molecule has 4 nitrogen and oxygen atoms in total. The van der Waals surface area contributed by atoms with E-state index < -0.39 is 0 Å². The van der Waals surface area contributed by atoms with Crippen LogP contribution in [-0.2, 0) is 4.79 Å². The van der Waals surface area contributed by atoms with Crippen molar-refractivity contribution in [2.45, 2.75) is 36.6 Å². The molecule has 2 N–H and O–H groups in total. The SMILES string of the molecule is CSc1cccc(NC(=O)CN2CCCCC2CCO)c1. The van der Waals surface area contributed by atoms with Crippen molar-refractivity contribution in [2.24, 2.45) is 0 Å². The largest absolute Gasteiger partial charge is 0.396 e. The van der Waals surface area contributed by atoms with Crippen LogP contribution in [0, 0.1) is 0 Å². The van der Waals surface area contributed by atoms with E-state index in [0.717, 1.165) is 36.4 Å². The summed E-state index contributed by atoms with van der Waals surface area (Å²) in [5.41, 5.74) is 0.850. The summed E-state index contributed by atoms with van der Waals surface area (Å²) < 4.78 is 0. The summed E-state index contributed by atoms with van der Waals surface area (Å²) in [6.07, 6.45) is 6.19. The van der Waals surface area contributed by atoms with E-state index in [9.17, 15) is 4.79 Å². The molecule has 0 spiro atoms. The number of nitrogens with zero attached hydrogens (tertiary/aromatic N) is 1. The number of nitrogens with one attached hydrogen (secondary N) is 1. The minimum atomic E-state index is 0.0260. The van der Waals surface area contributed by atoms with Gasteiger partial charge in [-0.15, -0.1) is 11.8 Å². The van der Waals surface area contributed by atoms with E-state index in [1.54, 1.807) is 11.8 Å². The van der Waals surface area contributed by atoms with Crippen LogP contribution in [0.25, 0.3) is 0 Å². The van der Waals surface area contributed by atoms with Gasteiger partial charge in [0.25, 0.3) is 0 Å². The number of thioether (sulfide) groups is 1. The highest BCUT2D eigenvalue weighted by molar-refractivity contribution is 7.98. The predicted molar refractivity (Wildman–Crippen MR) is 87.8 cm³/mol. The van der Waals surface area contributed by atoms with E-state index in [4.69, 9.17) is 5.11 Å². The first-order valence-corrected chi connectivity index (χ1v) is 8.74. The molecular formula is C16H24N2O2S. The Bertz CT molecular complexity index is 465. The maximum Gasteiger partial charge on any atom is 0.238 e. The standard InChI is InChI=1S/C16H24N2O2S/c1-21-15-7-4-5-13(11-15)17-16(20)12-18-9-3-2-6-14(18)8-10-19/h4-5,7,11,14,19H,2-3,6,8-10,12H2,1H3,(H,17,20). The lowest BCUT2D eigenvalue weighted by Crippen LogP contribution is -2.44. The van der Waals surface area contributed by atoms with Crippen LogP contribution in [0.1, 0.15) is 25.7 Å². The number of piperidine rings is 1. The molecule has 2 rings (SSSR count). The molecule has 1 aromatic carbocycles. The zero-order valence-corrected chi connectivity index (χ0v) is 13.4. The molecule has 1 aromatic rings. The number of amides is 1. The second-order valence-electron chi connectivity index (χ2n) is 5.41. The van der Waals surface area contributed by atoms with Gasteiger partial charge in [-0.05, 0) is 50.3 Å². The van der Waals surface area contributed by atoms with Crippen LogP contribution >= 0.6 is 11.8 Å². The van der Waals surface area contributed by atoms with Gasteiger partial charge >= 0.3 is 0 Å². The van der Waals surface area contributed by atoms with Crippen molar-refractivity contribution in [1.29, 1.82) is 0 Å². The first-order chi connectivity index (χ1) is 10.2. The molecule has 0 aromatic heterocycles. The lowest BCUT2D eigenvalue weighted by molar-refractivity contribution is -0.118. The average molecular weight is 308 g/mol. The first-order valence-electron chi connectivity index (χ1n) is 7.51. The second kappa shape index (κ2) is 8.41. The number of aliphatic hydroxyl groups is 1. The van der Waals surface area contributed by atoms with E-state index >= 15 is 0 Å². The summed E-state index contributed by atoms with van der Waals surface area (Å²) in [6, 6.07) is 8.23. The molecule has 0 saturated carbocycles. The molecule has 21 heavy (non-hydrogen) atoms. The molecule has 116 valence electrons. The van der Waals surface area contributed by atoms with Crippen LogP contribution in [-0.4, -0.2) is 47.9 Å². The third-order valence-electron chi connectivity index (χ3n) is 3.91. The predicted octanol–water partition coefficient (Wildman–Crippen LogP) is 2.58. The van der Waals surface area contributed by atoms with Gasteiger partial charge in [-0.1, -0.05) is 12.5 Å². The highest BCUT2D eigenvalue weighted by Gasteiger charge is 2.23. The van der Waals surface area contributed by atoms with Crippen molar-refractivity contribution in [3.63, 3.8) is 0 Å². The zero-order chi connectivity index (χ0) is 15.1. The van der Waals surface area contributed by atoms with Gasteiger partial charge in [0.2, 0.25) is 5.91 Å². The zero-order valence-electron chi connectivity index (χ0n) is 12.5. The van der Waals surface area contributed by atoms with Crippen LogP contribution in [0.15, 0.2) is 29.2 Å². The molecule has 1 atom stereocenters. The smallest absolute Gasteiger partial charge is 0.238 e. The van der Waals surface area contributed by atoms with Crippen molar-refractivity contribution in [3.05, 3.63) is 24.3 Å². The lowest BCUT2D eigenvalue weighted by atomic mass is 10.00. The number of benzene rings is 1. The molecule has 1 heterocycles. The molecule has 1 unspecified atom stereocenters. The second-order valence-corrected chi connectivity index (χ2v) is 6.29. The number of anilines is 1. The highest BCUT2D eigenvalue weighted by Crippen LogP contribution is 2.21. The molecule has 0 radical (unpaired) electrons. The fraction of sp³-hybridized carbons (Fsp3) is 0.562. The van der Waals surface area contributed by atoms with Gasteiger partial charge in [0.15, 0.2) is 0 Å². The van der Waals surface area contributed by atoms with Gasteiger partial charge in [-0.3, -0.25) is 9.69 Å². The molecular weight excluding hydrogens is 284 g/mol. The summed E-state index contributed by atoms with van der Waals surface area (Å²) in [5.74, 6) is 0.0260. The third kappa shape index (κ3) is 5.02. The minimum Gasteiger partial charge on any atom is -0.396 e. The third-order valence-corrected chi connectivity index (χ3v) is 4.64. The molecule has 1 fully saturated rings. The molecule has 5 heteroatoms. The summed E-state index contributed by atoms with van der Waals surface area (Å²) in [7, 11) is 0. The Morgan fingerprint density at radius 2 is 2.33 bits per heavy atom.